The predicted octanol–water partition coefficient (Wildman–Crippen LogP) is 3.16. The second kappa shape index (κ2) is 5.82. The van der Waals surface area contributed by atoms with Crippen LogP contribution in [0.3, 0.4) is 0 Å². The van der Waals surface area contributed by atoms with Gasteiger partial charge in [0.15, 0.2) is 11.1 Å². The molecule has 0 rings (SSSR count). The van der Waals surface area contributed by atoms with E-state index >= 15 is 0 Å². The first-order valence-corrected chi connectivity index (χ1v) is 4.93. The van der Waals surface area contributed by atoms with Crippen LogP contribution in [0.4, 0.5) is 0 Å². The maximum Gasteiger partial charge on any atom is 0.168 e. The van der Waals surface area contributed by atoms with Crippen molar-refractivity contribution in [1.29, 1.82) is 10.5 Å². The third kappa shape index (κ3) is 4.06. The van der Waals surface area contributed by atoms with Crippen LogP contribution < -0.4 is 0 Å². The van der Waals surface area contributed by atoms with Gasteiger partial charge in [-0.2, -0.15) is 20.8 Å². The molecule has 0 saturated carbocycles. The fourth-order valence-corrected chi connectivity index (χ4v) is 1.00. The molecule has 4 nitrogen and oxygen atoms in total. The summed E-state index contributed by atoms with van der Waals surface area (Å²) >= 11 is 0. The van der Waals surface area contributed by atoms with Crippen molar-refractivity contribution in [3.8, 4) is 12.1 Å². The molecule has 4 heteroatoms. The molecule has 0 bridgehead atoms. The van der Waals surface area contributed by atoms with E-state index in [-0.39, 0.29) is 0 Å². The Balaban J connectivity index is 4.94. The molecule has 16 heavy (non-hydrogen) atoms. The summed E-state index contributed by atoms with van der Waals surface area (Å²) in [6.07, 6.45) is 4.03. The number of azo groups is 1. The standard InChI is InChI=1S/C12H16N4/c1-5-7-11(3,9-13)15-16-12(4,10-14)8-6-2/h5-6H,1-2,7-8H2,3-4H3. The molecule has 2 atom stereocenters. The second-order valence-electron chi connectivity index (χ2n) is 3.96. The minimum absolute atomic E-state index is 0.405. The molecule has 0 aliphatic rings. The van der Waals surface area contributed by atoms with Gasteiger partial charge in [0.2, 0.25) is 0 Å². The molecule has 0 aromatic carbocycles. The molecule has 0 N–H and O–H groups in total. The van der Waals surface area contributed by atoms with E-state index in [9.17, 15) is 0 Å². The second-order valence-corrected chi connectivity index (χ2v) is 3.96. The molecule has 0 aliphatic heterocycles. The first-order chi connectivity index (χ1) is 7.45. The van der Waals surface area contributed by atoms with Gasteiger partial charge in [-0.05, 0) is 13.8 Å². The normalized spacial score (nSPS) is 17.8. The van der Waals surface area contributed by atoms with E-state index in [4.69, 9.17) is 10.5 Å². The Morgan fingerprint density at radius 1 is 1.00 bits per heavy atom. The van der Waals surface area contributed by atoms with Crippen LogP contribution in [-0.4, -0.2) is 11.1 Å². The summed E-state index contributed by atoms with van der Waals surface area (Å²) in [4.78, 5) is 0. The van der Waals surface area contributed by atoms with Crippen molar-refractivity contribution in [3.05, 3.63) is 25.3 Å². The number of nitriles is 2. The molecule has 0 saturated heterocycles. The molecular formula is C12H16N4. The Morgan fingerprint density at radius 2 is 1.31 bits per heavy atom. The third-order valence-electron chi connectivity index (χ3n) is 2.06. The lowest BCUT2D eigenvalue weighted by Gasteiger charge is -2.17. The van der Waals surface area contributed by atoms with Crippen molar-refractivity contribution in [2.24, 2.45) is 10.2 Å². The minimum Gasteiger partial charge on any atom is -0.196 e. The van der Waals surface area contributed by atoms with Gasteiger partial charge in [0, 0.05) is 12.8 Å². The number of rotatable bonds is 6. The fraction of sp³-hybridized carbons (Fsp3) is 0.500. The van der Waals surface area contributed by atoms with Crippen molar-refractivity contribution in [2.45, 2.75) is 37.8 Å². The van der Waals surface area contributed by atoms with E-state index in [0.717, 1.165) is 0 Å². The molecule has 0 aromatic rings. The molecule has 2 unspecified atom stereocenters. The molecular weight excluding hydrogens is 200 g/mol. The third-order valence-corrected chi connectivity index (χ3v) is 2.06. The van der Waals surface area contributed by atoms with Crippen LogP contribution in [-0.2, 0) is 0 Å². The van der Waals surface area contributed by atoms with Gasteiger partial charge < -0.3 is 0 Å². The maximum atomic E-state index is 8.96. The monoisotopic (exact) mass is 216 g/mol. The van der Waals surface area contributed by atoms with Crippen LogP contribution in [0, 0.1) is 22.7 Å². The first kappa shape index (κ1) is 14.1. The van der Waals surface area contributed by atoms with Crippen LogP contribution >= 0.6 is 0 Å². The van der Waals surface area contributed by atoms with E-state index < -0.39 is 11.1 Å². The van der Waals surface area contributed by atoms with Crippen molar-refractivity contribution in [3.63, 3.8) is 0 Å². The molecule has 0 radical (unpaired) electrons. The first-order valence-electron chi connectivity index (χ1n) is 4.93. The SMILES string of the molecule is C=CCC(C)(C#N)N=NC(C)(C#N)CC=C. The largest absolute Gasteiger partial charge is 0.196 e. The van der Waals surface area contributed by atoms with Gasteiger partial charge in [-0.3, -0.25) is 0 Å². The molecule has 0 fully saturated rings. The topological polar surface area (TPSA) is 72.3 Å². The molecule has 0 heterocycles. The van der Waals surface area contributed by atoms with E-state index in [1.54, 1.807) is 26.0 Å². The Morgan fingerprint density at radius 3 is 1.50 bits per heavy atom. The molecule has 0 aromatic heterocycles. The molecule has 84 valence electrons. The van der Waals surface area contributed by atoms with Crippen LogP contribution in [0.15, 0.2) is 35.5 Å². The van der Waals surface area contributed by atoms with Crippen LogP contribution in [0.25, 0.3) is 0 Å². The quantitative estimate of drug-likeness (QED) is 0.505. The van der Waals surface area contributed by atoms with Crippen LogP contribution in [0.1, 0.15) is 26.7 Å². The zero-order chi connectivity index (χ0) is 12.7. The highest BCUT2D eigenvalue weighted by Crippen LogP contribution is 2.21. The summed E-state index contributed by atoms with van der Waals surface area (Å²) in [7, 11) is 0. The Bertz CT molecular complexity index is 335. The summed E-state index contributed by atoms with van der Waals surface area (Å²) < 4.78 is 0. The number of hydrogen-bond acceptors (Lipinski definition) is 4. The summed E-state index contributed by atoms with van der Waals surface area (Å²) in [5.41, 5.74) is -1.89. The Hall–Kier alpha value is -1.94. The van der Waals surface area contributed by atoms with Gasteiger partial charge in [0.1, 0.15) is 0 Å². The lowest BCUT2D eigenvalue weighted by atomic mass is 10.0. The van der Waals surface area contributed by atoms with Gasteiger partial charge in [-0.25, -0.2) is 0 Å². The van der Waals surface area contributed by atoms with Gasteiger partial charge in [-0.15, -0.1) is 13.2 Å². The predicted molar refractivity (Wildman–Crippen MR) is 62.5 cm³/mol. The van der Waals surface area contributed by atoms with Crippen molar-refractivity contribution in [2.75, 3.05) is 0 Å². The van der Waals surface area contributed by atoms with Crippen molar-refractivity contribution >= 4 is 0 Å². The zero-order valence-corrected chi connectivity index (χ0v) is 9.77. The summed E-state index contributed by atoms with van der Waals surface area (Å²) in [5, 5.41) is 25.8. The number of nitrogens with zero attached hydrogens (tertiary/aromatic N) is 4. The van der Waals surface area contributed by atoms with Crippen LogP contribution in [0.2, 0.25) is 0 Å². The summed E-state index contributed by atoms with van der Waals surface area (Å²) in [6.45, 7) is 10.4. The van der Waals surface area contributed by atoms with Gasteiger partial charge in [0.25, 0.3) is 0 Å². The summed E-state index contributed by atoms with van der Waals surface area (Å²) in [5.74, 6) is 0. The van der Waals surface area contributed by atoms with Crippen LogP contribution in [0.5, 0.6) is 0 Å². The molecule has 0 amide bonds. The fourth-order valence-electron chi connectivity index (χ4n) is 1.00. The van der Waals surface area contributed by atoms with Crippen molar-refractivity contribution < 1.29 is 0 Å². The van der Waals surface area contributed by atoms with Gasteiger partial charge in [-0.1, -0.05) is 12.2 Å². The average molecular weight is 216 g/mol. The van der Waals surface area contributed by atoms with Gasteiger partial charge in [0.05, 0.1) is 12.1 Å². The van der Waals surface area contributed by atoms with E-state index in [1.807, 2.05) is 0 Å². The molecule has 0 aliphatic carbocycles. The van der Waals surface area contributed by atoms with E-state index in [0.29, 0.717) is 12.8 Å². The minimum atomic E-state index is -0.943. The smallest absolute Gasteiger partial charge is 0.168 e. The van der Waals surface area contributed by atoms with E-state index in [1.165, 1.54) is 0 Å². The lowest BCUT2D eigenvalue weighted by molar-refractivity contribution is 0.496. The Kier molecular flexibility index (Phi) is 5.12. The highest BCUT2D eigenvalue weighted by Gasteiger charge is 2.26. The number of hydrogen-bond donors (Lipinski definition) is 0. The summed E-state index contributed by atoms with van der Waals surface area (Å²) in [6, 6.07) is 4.10. The Labute approximate surface area is 96.6 Å². The highest BCUT2D eigenvalue weighted by molar-refractivity contribution is 5.10. The maximum absolute atomic E-state index is 8.96. The average Bonchev–Trinajstić information content (AvgIpc) is 2.27. The van der Waals surface area contributed by atoms with Crippen molar-refractivity contribution in [1.82, 2.24) is 0 Å². The molecule has 0 spiro atoms. The highest BCUT2D eigenvalue weighted by atomic mass is 15.2. The van der Waals surface area contributed by atoms with Gasteiger partial charge >= 0.3 is 0 Å². The van der Waals surface area contributed by atoms with E-state index in [2.05, 4.69) is 35.5 Å². The zero-order valence-electron chi connectivity index (χ0n) is 9.77. The lowest BCUT2D eigenvalue weighted by Crippen LogP contribution is -2.22.